The van der Waals surface area contributed by atoms with Crippen LogP contribution in [0.15, 0.2) is 48.5 Å². The van der Waals surface area contributed by atoms with Gasteiger partial charge in [0.05, 0.1) is 10.7 Å². The van der Waals surface area contributed by atoms with Crippen molar-refractivity contribution in [3.8, 4) is 0 Å². The van der Waals surface area contributed by atoms with Crippen LogP contribution in [0.25, 0.3) is 0 Å². The van der Waals surface area contributed by atoms with E-state index in [1.807, 2.05) is 6.07 Å². The van der Waals surface area contributed by atoms with Gasteiger partial charge in [-0.25, -0.2) is 4.39 Å². The Morgan fingerprint density at radius 2 is 1.85 bits per heavy atom. The first-order chi connectivity index (χ1) is 9.66. The third-order valence-corrected chi connectivity index (χ3v) is 3.89. The number of benzene rings is 2. The zero-order valence-electron chi connectivity index (χ0n) is 10.6. The number of halogens is 2. The highest BCUT2D eigenvalue weighted by Gasteiger charge is 2.45. The Balaban J connectivity index is 1.69. The van der Waals surface area contributed by atoms with Gasteiger partial charge in [-0.05, 0) is 36.1 Å². The van der Waals surface area contributed by atoms with Crippen molar-refractivity contribution < 1.29 is 9.18 Å². The number of carbonyl (C=O) groups is 1. The van der Waals surface area contributed by atoms with Crippen LogP contribution in [0.4, 0.5) is 10.1 Å². The lowest BCUT2D eigenvalue weighted by molar-refractivity contribution is -0.117. The predicted octanol–water partition coefficient (Wildman–Crippen LogP) is 4.22. The predicted molar refractivity (Wildman–Crippen MR) is 77.3 cm³/mol. The Labute approximate surface area is 121 Å². The molecule has 0 aromatic heterocycles. The second kappa shape index (κ2) is 5.25. The summed E-state index contributed by atoms with van der Waals surface area (Å²) in [7, 11) is 0. The Morgan fingerprint density at radius 1 is 1.15 bits per heavy atom. The Hall–Kier alpha value is -1.87. The summed E-state index contributed by atoms with van der Waals surface area (Å²) in [5.74, 6) is -0.557. The lowest BCUT2D eigenvalue weighted by Crippen LogP contribution is -2.15. The summed E-state index contributed by atoms with van der Waals surface area (Å²) in [5, 5.41) is 3.30. The van der Waals surface area contributed by atoms with E-state index in [9.17, 15) is 9.18 Å². The van der Waals surface area contributed by atoms with Crippen LogP contribution in [-0.4, -0.2) is 5.91 Å². The molecule has 0 saturated heterocycles. The molecule has 1 aliphatic carbocycles. The van der Waals surface area contributed by atoms with Crippen molar-refractivity contribution >= 4 is 23.2 Å². The fourth-order valence-electron chi connectivity index (χ4n) is 2.39. The van der Waals surface area contributed by atoms with Gasteiger partial charge in [-0.2, -0.15) is 0 Å². The summed E-state index contributed by atoms with van der Waals surface area (Å²) < 4.78 is 13.7. The SMILES string of the molecule is O=C(Nc1ccccc1Cl)C1CC1c1ccccc1F. The molecule has 0 spiro atoms. The number of hydrogen-bond donors (Lipinski definition) is 1. The quantitative estimate of drug-likeness (QED) is 0.900. The van der Waals surface area contributed by atoms with Crippen LogP contribution >= 0.6 is 11.6 Å². The largest absolute Gasteiger partial charge is 0.325 e. The van der Waals surface area contributed by atoms with Crippen LogP contribution in [0.1, 0.15) is 17.9 Å². The smallest absolute Gasteiger partial charge is 0.228 e. The van der Waals surface area contributed by atoms with Crippen molar-refractivity contribution in [2.24, 2.45) is 5.92 Å². The molecule has 0 heterocycles. The van der Waals surface area contributed by atoms with Gasteiger partial charge in [-0.15, -0.1) is 0 Å². The second-order valence-electron chi connectivity index (χ2n) is 4.94. The molecule has 2 aromatic rings. The Kier molecular flexibility index (Phi) is 3.45. The third kappa shape index (κ3) is 2.54. The molecule has 0 aliphatic heterocycles. The first-order valence-electron chi connectivity index (χ1n) is 6.46. The standard InChI is InChI=1S/C16H13ClFNO/c17-13-6-2-4-8-15(13)19-16(20)12-9-11(12)10-5-1-3-7-14(10)18/h1-8,11-12H,9H2,(H,19,20). The van der Waals surface area contributed by atoms with E-state index < -0.39 is 0 Å². The van der Waals surface area contributed by atoms with Gasteiger partial charge >= 0.3 is 0 Å². The molecular formula is C16H13ClFNO. The van der Waals surface area contributed by atoms with Crippen LogP contribution in [0.2, 0.25) is 5.02 Å². The molecule has 1 N–H and O–H groups in total. The first-order valence-corrected chi connectivity index (χ1v) is 6.84. The van der Waals surface area contributed by atoms with E-state index >= 15 is 0 Å². The normalized spacial score (nSPS) is 20.5. The number of carbonyl (C=O) groups excluding carboxylic acids is 1. The molecule has 4 heteroatoms. The lowest BCUT2D eigenvalue weighted by Gasteiger charge is -2.07. The first kappa shape index (κ1) is 13.1. The monoisotopic (exact) mass is 289 g/mol. The van der Waals surface area contributed by atoms with E-state index in [1.165, 1.54) is 6.07 Å². The Bertz CT molecular complexity index is 658. The van der Waals surface area contributed by atoms with Crippen molar-refractivity contribution in [2.75, 3.05) is 5.32 Å². The van der Waals surface area contributed by atoms with Crippen molar-refractivity contribution in [3.63, 3.8) is 0 Å². The minimum Gasteiger partial charge on any atom is -0.325 e. The van der Waals surface area contributed by atoms with Crippen LogP contribution in [0, 0.1) is 11.7 Å². The number of amides is 1. The van der Waals surface area contributed by atoms with Gasteiger partial charge in [0, 0.05) is 5.92 Å². The molecule has 0 bridgehead atoms. The molecule has 3 rings (SSSR count). The van der Waals surface area contributed by atoms with Gasteiger partial charge in [-0.3, -0.25) is 4.79 Å². The average Bonchev–Trinajstić information content (AvgIpc) is 3.22. The van der Waals surface area contributed by atoms with E-state index in [0.717, 1.165) is 0 Å². The molecule has 1 aliphatic rings. The highest BCUT2D eigenvalue weighted by atomic mass is 35.5. The lowest BCUT2D eigenvalue weighted by atomic mass is 10.1. The zero-order chi connectivity index (χ0) is 14.1. The maximum Gasteiger partial charge on any atom is 0.228 e. The number of hydrogen-bond acceptors (Lipinski definition) is 1. The summed E-state index contributed by atoms with van der Waals surface area (Å²) in [6.45, 7) is 0. The maximum atomic E-state index is 13.7. The molecule has 2 aromatic carbocycles. The topological polar surface area (TPSA) is 29.1 Å². The zero-order valence-corrected chi connectivity index (χ0v) is 11.4. The van der Waals surface area contributed by atoms with E-state index in [1.54, 1.807) is 36.4 Å². The van der Waals surface area contributed by atoms with Gasteiger partial charge in [0.15, 0.2) is 0 Å². The number of para-hydroxylation sites is 1. The molecule has 1 saturated carbocycles. The van der Waals surface area contributed by atoms with Crippen molar-refractivity contribution in [2.45, 2.75) is 12.3 Å². The van der Waals surface area contributed by atoms with Crippen LogP contribution < -0.4 is 5.32 Å². The second-order valence-corrected chi connectivity index (χ2v) is 5.35. The summed E-state index contributed by atoms with van der Waals surface area (Å²) in [4.78, 5) is 12.1. The summed E-state index contributed by atoms with van der Waals surface area (Å²) in [6.07, 6.45) is 0.678. The molecule has 2 unspecified atom stereocenters. The molecule has 102 valence electrons. The summed E-state index contributed by atoms with van der Waals surface area (Å²) in [5.41, 5.74) is 1.21. The van der Waals surface area contributed by atoms with Crippen LogP contribution in [-0.2, 0) is 4.79 Å². The van der Waals surface area contributed by atoms with E-state index in [-0.39, 0.29) is 23.6 Å². The highest BCUT2D eigenvalue weighted by Crippen LogP contribution is 2.48. The fraction of sp³-hybridized carbons (Fsp3) is 0.188. The average molecular weight is 290 g/mol. The molecule has 2 atom stereocenters. The van der Waals surface area contributed by atoms with Gasteiger partial charge in [0.2, 0.25) is 5.91 Å². The van der Waals surface area contributed by atoms with E-state index in [2.05, 4.69) is 5.32 Å². The maximum absolute atomic E-state index is 13.7. The molecule has 1 fully saturated rings. The Morgan fingerprint density at radius 3 is 2.60 bits per heavy atom. The van der Waals surface area contributed by atoms with Crippen molar-refractivity contribution in [3.05, 3.63) is 64.9 Å². The van der Waals surface area contributed by atoms with Crippen LogP contribution in [0.3, 0.4) is 0 Å². The molecule has 20 heavy (non-hydrogen) atoms. The molecule has 2 nitrogen and oxygen atoms in total. The number of anilines is 1. The van der Waals surface area contributed by atoms with Gasteiger partial charge in [0.1, 0.15) is 5.82 Å². The van der Waals surface area contributed by atoms with E-state index in [0.29, 0.717) is 22.7 Å². The minimum absolute atomic E-state index is 0.0290. The van der Waals surface area contributed by atoms with Gasteiger partial charge < -0.3 is 5.32 Å². The summed E-state index contributed by atoms with van der Waals surface area (Å²) in [6, 6.07) is 13.7. The molecule has 0 radical (unpaired) electrons. The van der Waals surface area contributed by atoms with Crippen molar-refractivity contribution in [1.82, 2.24) is 0 Å². The van der Waals surface area contributed by atoms with E-state index in [4.69, 9.17) is 11.6 Å². The molecule has 1 amide bonds. The number of nitrogens with one attached hydrogen (secondary N) is 1. The fourth-order valence-corrected chi connectivity index (χ4v) is 2.58. The minimum atomic E-state index is -0.245. The molecular weight excluding hydrogens is 277 g/mol. The van der Waals surface area contributed by atoms with Gasteiger partial charge in [0.25, 0.3) is 0 Å². The van der Waals surface area contributed by atoms with Gasteiger partial charge in [-0.1, -0.05) is 41.9 Å². The summed E-state index contributed by atoms with van der Waals surface area (Å²) >= 11 is 6.00. The van der Waals surface area contributed by atoms with Crippen molar-refractivity contribution in [1.29, 1.82) is 0 Å². The van der Waals surface area contributed by atoms with Crippen LogP contribution in [0.5, 0.6) is 0 Å². The highest BCUT2D eigenvalue weighted by molar-refractivity contribution is 6.33. The number of rotatable bonds is 3. The third-order valence-electron chi connectivity index (χ3n) is 3.56.